The summed E-state index contributed by atoms with van der Waals surface area (Å²) in [6.07, 6.45) is 0. The van der Waals surface area contributed by atoms with E-state index in [2.05, 4.69) is 0 Å². The van der Waals surface area contributed by atoms with Gasteiger partial charge >= 0.3 is 0 Å². The maximum absolute atomic E-state index is 9.61. The van der Waals surface area contributed by atoms with Gasteiger partial charge in [-0.2, -0.15) is 0 Å². The third-order valence-electron chi connectivity index (χ3n) is 1.72. The van der Waals surface area contributed by atoms with Crippen molar-refractivity contribution in [3.05, 3.63) is 35.4 Å². The fourth-order valence-electron chi connectivity index (χ4n) is 1.03. The predicted octanol–water partition coefficient (Wildman–Crippen LogP) is 4.27. The molecule has 0 aromatic heterocycles. The Kier molecular flexibility index (Phi) is 9.39. The van der Waals surface area contributed by atoms with Crippen molar-refractivity contribution in [2.45, 2.75) is 54.1 Å². The molecule has 1 N–H and O–H groups in total. The van der Waals surface area contributed by atoms with Gasteiger partial charge in [0.05, 0.1) is 5.60 Å². The number of hydrogen-bond acceptors (Lipinski definition) is 1. The van der Waals surface area contributed by atoms with Crippen LogP contribution >= 0.6 is 0 Å². The van der Waals surface area contributed by atoms with Crippen LogP contribution in [0.25, 0.3) is 0 Å². The monoisotopic (exact) mass is 210 g/mol. The summed E-state index contributed by atoms with van der Waals surface area (Å²) in [4.78, 5) is 0. The van der Waals surface area contributed by atoms with E-state index in [0.29, 0.717) is 0 Å². The van der Waals surface area contributed by atoms with Crippen LogP contribution in [0.2, 0.25) is 0 Å². The fourth-order valence-corrected chi connectivity index (χ4v) is 1.03. The van der Waals surface area contributed by atoms with Gasteiger partial charge in [-0.3, -0.25) is 0 Å². The van der Waals surface area contributed by atoms with Crippen molar-refractivity contribution >= 4 is 0 Å². The number of aryl methyl sites for hydroxylation is 1. The molecule has 0 spiro atoms. The second kappa shape index (κ2) is 8.49. The van der Waals surface area contributed by atoms with Gasteiger partial charge in [0.2, 0.25) is 0 Å². The van der Waals surface area contributed by atoms with Crippen LogP contribution in [0.5, 0.6) is 0 Å². The van der Waals surface area contributed by atoms with Crippen LogP contribution in [0.3, 0.4) is 0 Å². The molecule has 0 aliphatic rings. The average molecular weight is 210 g/mol. The number of benzene rings is 1. The highest BCUT2D eigenvalue weighted by Crippen LogP contribution is 2.19. The predicted molar refractivity (Wildman–Crippen MR) is 69.1 cm³/mol. The van der Waals surface area contributed by atoms with Crippen molar-refractivity contribution in [1.82, 2.24) is 0 Å². The van der Waals surface area contributed by atoms with Crippen LogP contribution in [0.1, 0.15) is 52.7 Å². The van der Waals surface area contributed by atoms with Crippen LogP contribution in [-0.2, 0) is 5.60 Å². The molecule has 0 aliphatic carbocycles. The van der Waals surface area contributed by atoms with Gasteiger partial charge in [-0.25, -0.2) is 0 Å². The Morgan fingerprint density at radius 2 is 1.47 bits per heavy atom. The molecule has 1 heteroatoms. The van der Waals surface area contributed by atoms with Gasteiger partial charge in [0.25, 0.3) is 0 Å². The van der Waals surface area contributed by atoms with Gasteiger partial charge in [0.15, 0.2) is 0 Å². The average Bonchev–Trinajstić information content (AvgIpc) is 2.23. The van der Waals surface area contributed by atoms with Gasteiger partial charge in [-0.1, -0.05) is 57.5 Å². The van der Waals surface area contributed by atoms with Crippen LogP contribution < -0.4 is 0 Å². The van der Waals surface area contributed by atoms with E-state index in [0.717, 1.165) is 5.56 Å². The van der Waals surface area contributed by atoms with Crippen molar-refractivity contribution in [3.8, 4) is 0 Å². The summed E-state index contributed by atoms with van der Waals surface area (Å²) in [6.45, 7) is 13.6. The van der Waals surface area contributed by atoms with Gasteiger partial charge in [-0.05, 0) is 26.3 Å². The molecule has 0 atom stereocenters. The zero-order valence-corrected chi connectivity index (χ0v) is 11.3. The molecular weight excluding hydrogens is 184 g/mol. The largest absolute Gasteiger partial charge is 0.386 e. The van der Waals surface area contributed by atoms with Crippen molar-refractivity contribution in [2.24, 2.45) is 0 Å². The number of hydrogen-bond donors (Lipinski definition) is 1. The summed E-state index contributed by atoms with van der Waals surface area (Å²) in [7, 11) is 0. The molecule has 1 aromatic carbocycles. The Hall–Kier alpha value is -0.820. The Bertz CT molecular complexity index is 246. The lowest BCUT2D eigenvalue weighted by Gasteiger charge is -2.17. The number of rotatable bonds is 1. The smallest absolute Gasteiger partial charge is 0.0840 e. The fraction of sp³-hybridized carbons (Fsp3) is 0.571. The molecule has 0 aliphatic heterocycles. The summed E-state index contributed by atoms with van der Waals surface area (Å²) >= 11 is 0. The van der Waals surface area contributed by atoms with Crippen molar-refractivity contribution in [3.63, 3.8) is 0 Å². The summed E-state index contributed by atoms with van der Waals surface area (Å²) in [5.74, 6) is 0. The van der Waals surface area contributed by atoms with Gasteiger partial charge in [0.1, 0.15) is 0 Å². The van der Waals surface area contributed by atoms with E-state index in [4.69, 9.17) is 0 Å². The second-order valence-corrected chi connectivity index (χ2v) is 3.43. The standard InChI is InChI=1S/C10H14O.2C2H6/c1-8-5-4-6-9(7-8)10(2,3)11;2*1-2/h4-7,11H,1-3H3;2*1-2H3. The molecule has 0 bridgehead atoms. The van der Waals surface area contributed by atoms with Gasteiger partial charge in [-0.15, -0.1) is 0 Å². The summed E-state index contributed by atoms with van der Waals surface area (Å²) in [6, 6.07) is 7.92. The third-order valence-corrected chi connectivity index (χ3v) is 1.72. The quantitative estimate of drug-likeness (QED) is 0.733. The molecule has 15 heavy (non-hydrogen) atoms. The molecule has 1 rings (SSSR count). The summed E-state index contributed by atoms with van der Waals surface area (Å²) in [5.41, 5.74) is 1.44. The lowest BCUT2D eigenvalue weighted by molar-refractivity contribution is 0.0785. The molecule has 0 heterocycles. The minimum Gasteiger partial charge on any atom is -0.386 e. The first-order valence-electron chi connectivity index (χ1n) is 5.79. The van der Waals surface area contributed by atoms with Crippen LogP contribution in [0, 0.1) is 6.92 Å². The van der Waals surface area contributed by atoms with E-state index < -0.39 is 5.60 Å². The Morgan fingerprint density at radius 1 is 1.00 bits per heavy atom. The zero-order valence-electron chi connectivity index (χ0n) is 11.3. The molecular formula is C14H26O. The molecule has 0 saturated heterocycles. The normalized spacial score (nSPS) is 9.33. The first-order chi connectivity index (χ1) is 7.00. The molecule has 0 unspecified atom stereocenters. The van der Waals surface area contributed by atoms with Crippen LogP contribution in [0.4, 0.5) is 0 Å². The first-order valence-corrected chi connectivity index (χ1v) is 5.79. The lowest BCUT2D eigenvalue weighted by Crippen LogP contribution is -2.15. The Labute approximate surface area is 95.2 Å². The first kappa shape index (κ1) is 16.6. The summed E-state index contributed by atoms with van der Waals surface area (Å²) in [5, 5.41) is 9.61. The molecule has 0 amide bonds. The maximum Gasteiger partial charge on any atom is 0.0840 e. The van der Waals surface area contributed by atoms with Crippen molar-refractivity contribution in [1.29, 1.82) is 0 Å². The molecule has 0 radical (unpaired) electrons. The minimum absolute atomic E-state index is 0.716. The van der Waals surface area contributed by atoms with E-state index in [1.807, 2.05) is 58.9 Å². The highest BCUT2D eigenvalue weighted by Gasteiger charge is 2.14. The highest BCUT2D eigenvalue weighted by atomic mass is 16.3. The van der Waals surface area contributed by atoms with Crippen molar-refractivity contribution < 1.29 is 5.11 Å². The van der Waals surface area contributed by atoms with Gasteiger partial charge in [0, 0.05) is 0 Å². The second-order valence-electron chi connectivity index (χ2n) is 3.43. The van der Waals surface area contributed by atoms with Crippen molar-refractivity contribution in [2.75, 3.05) is 0 Å². The third kappa shape index (κ3) is 7.15. The van der Waals surface area contributed by atoms with E-state index in [-0.39, 0.29) is 0 Å². The molecule has 1 aromatic rings. The molecule has 1 nitrogen and oxygen atoms in total. The van der Waals surface area contributed by atoms with E-state index in [9.17, 15) is 5.11 Å². The Balaban J connectivity index is 0. The molecule has 0 saturated carbocycles. The van der Waals surface area contributed by atoms with Gasteiger partial charge < -0.3 is 5.11 Å². The van der Waals surface area contributed by atoms with Crippen LogP contribution in [-0.4, -0.2) is 5.11 Å². The highest BCUT2D eigenvalue weighted by molar-refractivity contribution is 5.26. The zero-order chi connectivity index (χ0) is 12.5. The lowest BCUT2D eigenvalue weighted by atomic mass is 9.97. The SMILES string of the molecule is CC.CC.Cc1cccc(C(C)(C)O)c1. The Morgan fingerprint density at radius 3 is 1.73 bits per heavy atom. The summed E-state index contributed by atoms with van der Waals surface area (Å²) < 4.78 is 0. The topological polar surface area (TPSA) is 20.2 Å². The van der Waals surface area contributed by atoms with E-state index in [1.54, 1.807) is 13.8 Å². The molecule has 0 fully saturated rings. The number of aliphatic hydroxyl groups is 1. The van der Waals surface area contributed by atoms with Crippen LogP contribution in [0.15, 0.2) is 24.3 Å². The van der Waals surface area contributed by atoms with E-state index in [1.165, 1.54) is 5.56 Å². The van der Waals surface area contributed by atoms with E-state index >= 15 is 0 Å². The molecule has 88 valence electrons. The minimum atomic E-state index is -0.716. The maximum atomic E-state index is 9.61.